The monoisotopic (exact) mass is 311 g/mol. The molecule has 0 amide bonds. The minimum absolute atomic E-state index is 0.123. The van der Waals surface area contributed by atoms with Crippen molar-refractivity contribution in [1.82, 2.24) is 9.97 Å². The molecule has 0 saturated carbocycles. The SMILES string of the molecule is Nc1nc2ccc(Oc3cccc(C(F)(F)F)n3)cc2s1. The van der Waals surface area contributed by atoms with Gasteiger partial charge < -0.3 is 10.5 Å². The first-order valence-electron chi connectivity index (χ1n) is 5.80. The number of pyridine rings is 1. The molecule has 0 radical (unpaired) electrons. The summed E-state index contributed by atoms with van der Waals surface area (Å²) in [5.74, 6) is 0.250. The number of benzene rings is 1. The van der Waals surface area contributed by atoms with Gasteiger partial charge in [-0.25, -0.2) is 9.97 Å². The number of hydrogen-bond donors (Lipinski definition) is 1. The number of nitrogens with zero attached hydrogens (tertiary/aromatic N) is 2. The fourth-order valence-electron chi connectivity index (χ4n) is 1.74. The molecule has 0 aliphatic rings. The lowest BCUT2D eigenvalue weighted by Crippen LogP contribution is -2.07. The fraction of sp³-hybridized carbons (Fsp3) is 0.0769. The van der Waals surface area contributed by atoms with E-state index < -0.39 is 11.9 Å². The number of fused-ring (bicyclic) bond motifs is 1. The number of nitrogens with two attached hydrogens (primary N) is 1. The second-order valence-electron chi connectivity index (χ2n) is 4.14. The Balaban J connectivity index is 1.91. The van der Waals surface area contributed by atoms with Crippen molar-refractivity contribution in [3.05, 3.63) is 42.1 Å². The minimum atomic E-state index is -4.50. The molecule has 0 unspecified atom stereocenters. The average Bonchev–Trinajstić information content (AvgIpc) is 2.77. The summed E-state index contributed by atoms with van der Waals surface area (Å²) in [7, 11) is 0. The maximum Gasteiger partial charge on any atom is 0.433 e. The predicted octanol–water partition coefficient (Wildman–Crippen LogP) is 4.08. The lowest BCUT2D eigenvalue weighted by Gasteiger charge is -2.08. The third kappa shape index (κ3) is 2.89. The summed E-state index contributed by atoms with van der Waals surface area (Å²) in [6.45, 7) is 0. The third-order valence-corrected chi connectivity index (χ3v) is 3.46. The van der Waals surface area contributed by atoms with E-state index in [1.807, 2.05) is 0 Å². The number of hydrogen-bond acceptors (Lipinski definition) is 5. The number of halogens is 3. The summed E-state index contributed by atoms with van der Waals surface area (Å²) in [4.78, 5) is 7.52. The molecule has 3 rings (SSSR count). The van der Waals surface area contributed by atoms with E-state index >= 15 is 0 Å². The van der Waals surface area contributed by atoms with E-state index in [0.717, 1.165) is 10.8 Å². The van der Waals surface area contributed by atoms with Crippen LogP contribution in [0.25, 0.3) is 10.2 Å². The van der Waals surface area contributed by atoms with Gasteiger partial charge in [-0.15, -0.1) is 0 Å². The Bertz CT molecular complexity index is 801. The lowest BCUT2D eigenvalue weighted by molar-refractivity contribution is -0.141. The highest BCUT2D eigenvalue weighted by Gasteiger charge is 2.32. The molecule has 4 nitrogen and oxygen atoms in total. The number of aromatic nitrogens is 2. The molecule has 3 aromatic rings. The largest absolute Gasteiger partial charge is 0.439 e. The molecule has 0 fully saturated rings. The molecule has 0 spiro atoms. The van der Waals surface area contributed by atoms with Crippen LogP contribution in [0.15, 0.2) is 36.4 Å². The first-order chi connectivity index (χ1) is 9.91. The Hall–Kier alpha value is -2.35. The van der Waals surface area contributed by atoms with E-state index in [9.17, 15) is 13.2 Å². The van der Waals surface area contributed by atoms with Crippen LogP contribution < -0.4 is 10.5 Å². The highest BCUT2D eigenvalue weighted by Crippen LogP contribution is 2.32. The van der Waals surface area contributed by atoms with Crippen molar-refractivity contribution in [1.29, 1.82) is 0 Å². The summed E-state index contributed by atoms with van der Waals surface area (Å²) in [6, 6.07) is 8.44. The maximum atomic E-state index is 12.6. The smallest absolute Gasteiger partial charge is 0.433 e. The Morgan fingerprint density at radius 3 is 2.67 bits per heavy atom. The molecule has 21 heavy (non-hydrogen) atoms. The second-order valence-corrected chi connectivity index (χ2v) is 5.20. The minimum Gasteiger partial charge on any atom is -0.439 e. The van der Waals surface area contributed by atoms with Gasteiger partial charge in [0.25, 0.3) is 0 Å². The maximum absolute atomic E-state index is 12.6. The van der Waals surface area contributed by atoms with Crippen molar-refractivity contribution < 1.29 is 17.9 Å². The van der Waals surface area contributed by atoms with Gasteiger partial charge in [-0.2, -0.15) is 13.2 Å². The zero-order valence-corrected chi connectivity index (χ0v) is 11.2. The molecular formula is C13H8F3N3OS. The number of ether oxygens (including phenoxy) is 1. The number of rotatable bonds is 2. The van der Waals surface area contributed by atoms with Gasteiger partial charge in [0.1, 0.15) is 11.4 Å². The van der Waals surface area contributed by atoms with Gasteiger partial charge in [0, 0.05) is 12.1 Å². The van der Waals surface area contributed by atoms with Gasteiger partial charge in [0.15, 0.2) is 5.13 Å². The van der Waals surface area contributed by atoms with Crippen LogP contribution in [-0.2, 0) is 6.18 Å². The van der Waals surface area contributed by atoms with E-state index in [-0.39, 0.29) is 5.88 Å². The number of alkyl halides is 3. The van der Waals surface area contributed by atoms with Gasteiger partial charge >= 0.3 is 6.18 Å². The molecule has 8 heteroatoms. The Morgan fingerprint density at radius 1 is 1.10 bits per heavy atom. The summed E-state index contributed by atoms with van der Waals surface area (Å²) in [5.41, 5.74) is 5.30. The number of thiazole rings is 1. The molecule has 0 bridgehead atoms. The molecule has 108 valence electrons. The summed E-state index contributed by atoms with van der Waals surface area (Å²) >= 11 is 1.27. The normalized spacial score (nSPS) is 11.8. The Kier molecular flexibility index (Phi) is 3.17. The van der Waals surface area contributed by atoms with Gasteiger partial charge in [-0.3, -0.25) is 0 Å². The first kappa shape index (κ1) is 13.6. The van der Waals surface area contributed by atoms with Crippen molar-refractivity contribution in [2.45, 2.75) is 6.18 Å². The van der Waals surface area contributed by atoms with Gasteiger partial charge in [-0.05, 0) is 18.2 Å². The topological polar surface area (TPSA) is 61.0 Å². The van der Waals surface area contributed by atoms with Crippen molar-refractivity contribution in [3.63, 3.8) is 0 Å². The molecule has 0 aliphatic heterocycles. The number of anilines is 1. The second kappa shape index (κ2) is 4.88. The van der Waals surface area contributed by atoms with Crippen molar-refractivity contribution in [2.24, 2.45) is 0 Å². The van der Waals surface area contributed by atoms with E-state index in [1.165, 1.54) is 23.5 Å². The third-order valence-electron chi connectivity index (χ3n) is 2.61. The van der Waals surface area contributed by atoms with Gasteiger partial charge in [-0.1, -0.05) is 17.4 Å². The summed E-state index contributed by atoms with van der Waals surface area (Å²) in [6.07, 6.45) is -4.50. The van der Waals surface area contributed by atoms with E-state index in [2.05, 4.69) is 9.97 Å². The molecule has 1 aromatic carbocycles. The van der Waals surface area contributed by atoms with Crippen LogP contribution in [-0.4, -0.2) is 9.97 Å². The van der Waals surface area contributed by atoms with Crippen molar-refractivity contribution >= 4 is 26.7 Å². The molecule has 2 heterocycles. The van der Waals surface area contributed by atoms with Crippen molar-refractivity contribution in [2.75, 3.05) is 5.73 Å². The highest BCUT2D eigenvalue weighted by molar-refractivity contribution is 7.22. The Labute approximate surface area is 121 Å². The van der Waals surface area contributed by atoms with Crippen LogP contribution in [0.1, 0.15) is 5.69 Å². The van der Waals surface area contributed by atoms with Gasteiger partial charge in [0.05, 0.1) is 10.2 Å². The van der Waals surface area contributed by atoms with Crippen LogP contribution in [0.3, 0.4) is 0 Å². The molecule has 0 aliphatic carbocycles. The highest BCUT2D eigenvalue weighted by atomic mass is 32.1. The summed E-state index contributed by atoms with van der Waals surface area (Å²) in [5, 5.41) is 0.416. The molecule has 0 atom stereocenters. The van der Waals surface area contributed by atoms with Crippen LogP contribution in [0.4, 0.5) is 18.3 Å². The van der Waals surface area contributed by atoms with Gasteiger partial charge in [0.2, 0.25) is 5.88 Å². The molecule has 2 aromatic heterocycles. The summed E-state index contributed by atoms with van der Waals surface area (Å²) < 4.78 is 43.9. The van der Waals surface area contributed by atoms with E-state index in [4.69, 9.17) is 10.5 Å². The quantitative estimate of drug-likeness (QED) is 0.774. The van der Waals surface area contributed by atoms with Crippen LogP contribution in [0, 0.1) is 0 Å². The predicted molar refractivity (Wildman–Crippen MR) is 73.3 cm³/mol. The Morgan fingerprint density at radius 2 is 1.90 bits per heavy atom. The van der Waals surface area contributed by atoms with Crippen molar-refractivity contribution in [3.8, 4) is 11.6 Å². The molecular weight excluding hydrogens is 303 g/mol. The zero-order chi connectivity index (χ0) is 15.0. The standard InChI is InChI=1S/C13H8F3N3OS/c14-13(15,16)10-2-1-3-11(19-10)20-7-4-5-8-9(6-7)21-12(17)18-8/h1-6H,(H2,17,18). The fourth-order valence-corrected chi connectivity index (χ4v) is 2.50. The molecule has 0 saturated heterocycles. The van der Waals surface area contributed by atoms with E-state index in [0.29, 0.717) is 16.4 Å². The lowest BCUT2D eigenvalue weighted by atomic mass is 10.3. The van der Waals surface area contributed by atoms with Crippen LogP contribution >= 0.6 is 11.3 Å². The van der Waals surface area contributed by atoms with E-state index in [1.54, 1.807) is 18.2 Å². The average molecular weight is 311 g/mol. The first-order valence-corrected chi connectivity index (χ1v) is 6.62. The number of nitrogen functional groups attached to an aromatic ring is 1. The van der Waals surface area contributed by atoms with Crippen LogP contribution in [0.5, 0.6) is 11.6 Å². The zero-order valence-electron chi connectivity index (χ0n) is 10.4. The van der Waals surface area contributed by atoms with Crippen LogP contribution in [0.2, 0.25) is 0 Å². The molecule has 2 N–H and O–H groups in total.